The maximum Gasteiger partial charge on any atom is 0.143 e. The first-order valence-corrected chi connectivity index (χ1v) is 6.91. The Hall–Kier alpha value is -1.62. The summed E-state index contributed by atoms with van der Waals surface area (Å²) in [5.74, 6) is 0. The average molecular weight is 280 g/mol. The van der Waals surface area contributed by atoms with Crippen molar-refractivity contribution in [2.24, 2.45) is 0 Å². The molecule has 5 nitrogen and oxygen atoms in total. The van der Waals surface area contributed by atoms with Crippen LogP contribution in [-0.2, 0) is 0 Å². The van der Waals surface area contributed by atoms with Gasteiger partial charge in [-0.05, 0) is 41.5 Å². The second-order valence-corrected chi connectivity index (χ2v) is 4.86. The molecule has 2 rings (SSSR count). The van der Waals surface area contributed by atoms with Gasteiger partial charge in [0.25, 0.3) is 0 Å². The maximum absolute atomic E-state index is 6.24. The molecule has 0 saturated heterocycles. The fraction of sp³-hybridized carbons (Fsp3) is 0.462. The van der Waals surface area contributed by atoms with E-state index < -0.39 is 0 Å². The normalized spacial score (nSPS) is 12.4. The molecule has 6 heteroatoms. The highest BCUT2D eigenvalue weighted by Gasteiger charge is 2.09. The van der Waals surface area contributed by atoms with Crippen LogP contribution in [0.4, 0.5) is 5.69 Å². The van der Waals surface area contributed by atoms with Gasteiger partial charge in [-0.15, -0.1) is 5.10 Å². The topological polar surface area (TPSA) is 55.6 Å². The Balaban J connectivity index is 2.22. The summed E-state index contributed by atoms with van der Waals surface area (Å²) in [6, 6.07) is 6.16. The van der Waals surface area contributed by atoms with E-state index in [1.807, 2.05) is 18.2 Å². The molecule has 1 aromatic heterocycles. The van der Waals surface area contributed by atoms with Crippen molar-refractivity contribution in [3.05, 3.63) is 29.5 Å². The third kappa shape index (κ3) is 3.44. The van der Waals surface area contributed by atoms with Gasteiger partial charge >= 0.3 is 0 Å². The predicted octanol–water partition coefficient (Wildman–Crippen LogP) is 3.31. The number of anilines is 1. The molecule has 0 amide bonds. The Labute approximate surface area is 118 Å². The van der Waals surface area contributed by atoms with Crippen LogP contribution in [0.15, 0.2) is 24.5 Å². The molecule has 0 aliphatic carbocycles. The summed E-state index contributed by atoms with van der Waals surface area (Å²) in [6.07, 6.45) is 4.91. The molecule has 0 fully saturated rings. The van der Waals surface area contributed by atoms with Gasteiger partial charge in [-0.3, -0.25) is 0 Å². The highest BCUT2D eigenvalue weighted by Crippen LogP contribution is 2.26. The van der Waals surface area contributed by atoms with Gasteiger partial charge < -0.3 is 5.32 Å². The summed E-state index contributed by atoms with van der Waals surface area (Å²) in [5.41, 5.74) is 1.82. The van der Waals surface area contributed by atoms with E-state index in [1.54, 1.807) is 11.0 Å². The number of halogens is 1. The van der Waals surface area contributed by atoms with Crippen LogP contribution in [0.5, 0.6) is 0 Å². The number of hydrogen-bond acceptors (Lipinski definition) is 4. The Morgan fingerprint density at radius 3 is 2.84 bits per heavy atom. The number of aromatic nitrogens is 4. The van der Waals surface area contributed by atoms with Gasteiger partial charge in [0.2, 0.25) is 0 Å². The third-order valence-corrected chi connectivity index (χ3v) is 3.38. The fourth-order valence-corrected chi connectivity index (χ4v) is 2.16. The van der Waals surface area contributed by atoms with Crippen LogP contribution in [0.3, 0.4) is 0 Å². The lowest BCUT2D eigenvalue weighted by Crippen LogP contribution is -2.18. The maximum atomic E-state index is 6.24. The van der Waals surface area contributed by atoms with Crippen molar-refractivity contribution >= 4 is 17.3 Å². The molecule has 2 aromatic rings. The van der Waals surface area contributed by atoms with Crippen LogP contribution in [0.1, 0.15) is 33.1 Å². The van der Waals surface area contributed by atoms with E-state index in [2.05, 4.69) is 34.7 Å². The molecule has 1 atom stereocenters. The molecule has 0 bridgehead atoms. The Bertz CT molecular complexity index is 512. The fourth-order valence-electron chi connectivity index (χ4n) is 1.99. The van der Waals surface area contributed by atoms with E-state index in [1.165, 1.54) is 0 Å². The van der Waals surface area contributed by atoms with Gasteiger partial charge in [-0.1, -0.05) is 31.9 Å². The zero-order chi connectivity index (χ0) is 13.7. The van der Waals surface area contributed by atoms with E-state index in [0.29, 0.717) is 11.1 Å². The molecule has 0 aliphatic rings. The van der Waals surface area contributed by atoms with Crippen LogP contribution >= 0.6 is 11.6 Å². The average Bonchev–Trinajstić information content (AvgIpc) is 2.94. The number of benzene rings is 1. The van der Waals surface area contributed by atoms with Crippen molar-refractivity contribution in [3.8, 4) is 5.69 Å². The molecule has 1 N–H and O–H groups in total. The number of tetrazole rings is 1. The van der Waals surface area contributed by atoms with Gasteiger partial charge in [0.15, 0.2) is 0 Å². The molecule has 0 radical (unpaired) electrons. The summed E-state index contributed by atoms with van der Waals surface area (Å²) in [6.45, 7) is 4.36. The summed E-state index contributed by atoms with van der Waals surface area (Å²) < 4.78 is 1.61. The number of rotatable bonds is 6. The highest BCUT2D eigenvalue weighted by atomic mass is 35.5. The predicted molar refractivity (Wildman–Crippen MR) is 76.8 cm³/mol. The molecular weight excluding hydrogens is 262 g/mol. The highest BCUT2D eigenvalue weighted by molar-refractivity contribution is 6.33. The first-order chi connectivity index (χ1) is 9.24. The van der Waals surface area contributed by atoms with E-state index >= 15 is 0 Å². The molecule has 0 spiro atoms. The lowest BCUT2D eigenvalue weighted by Gasteiger charge is -2.19. The van der Waals surface area contributed by atoms with E-state index in [-0.39, 0.29) is 0 Å². The molecule has 19 heavy (non-hydrogen) atoms. The van der Waals surface area contributed by atoms with Crippen molar-refractivity contribution in [1.29, 1.82) is 0 Å². The molecule has 102 valence electrons. The first kappa shape index (κ1) is 13.8. The number of nitrogens with one attached hydrogen (secondary N) is 1. The van der Waals surface area contributed by atoms with E-state index in [9.17, 15) is 0 Å². The van der Waals surface area contributed by atoms with Crippen molar-refractivity contribution in [2.45, 2.75) is 39.2 Å². The zero-order valence-electron chi connectivity index (χ0n) is 11.2. The Kier molecular flexibility index (Phi) is 4.74. The second kappa shape index (κ2) is 6.52. The summed E-state index contributed by atoms with van der Waals surface area (Å²) in [4.78, 5) is 0. The smallest absolute Gasteiger partial charge is 0.143 e. The standard InChI is InChI=1S/C13H18ClN5/c1-3-5-10(4-2)16-13-8-11(6-7-12(13)14)19-9-15-17-18-19/h6-10,16H,3-5H2,1-2H3. The monoisotopic (exact) mass is 279 g/mol. The minimum Gasteiger partial charge on any atom is -0.381 e. The van der Waals surface area contributed by atoms with Crippen LogP contribution in [-0.4, -0.2) is 26.2 Å². The zero-order valence-corrected chi connectivity index (χ0v) is 11.9. The van der Waals surface area contributed by atoms with Gasteiger partial charge in [0, 0.05) is 6.04 Å². The molecule has 1 aromatic carbocycles. The van der Waals surface area contributed by atoms with Crippen molar-refractivity contribution < 1.29 is 0 Å². The SMILES string of the molecule is CCCC(CC)Nc1cc(-n2cnnn2)ccc1Cl. The number of hydrogen-bond donors (Lipinski definition) is 1. The number of nitrogens with zero attached hydrogens (tertiary/aromatic N) is 4. The van der Waals surface area contributed by atoms with E-state index in [4.69, 9.17) is 11.6 Å². The summed E-state index contributed by atoms with van der Waals surface area (Å²) in [7, 11) is 0. The van der Waals surface area contributed by atoms with Gasteiger partial charge in [0.05, 0.1) is 16.4 Å². The van der Waals surface area contributed by atoms with Gasteiger partial charge in [-0.2, -0.15) is 0 Å². The third-order valence-electron chi connectivity index (χ3n) is 3.05. The van der Waals surface area contributed by atoms with Gasteiger partial charge in [-0.25, -0.2) is 4.68 Å². The lowest BCUT2D eigenvalue weighted by atomic mass is 10.1. The van der Waals surface area contributed by atoms with Crippen LogP contribution in [0.25, 0.3) is 5.69 Å². The molecule has 1 unspecified atom stereocenters. The van der Waals surface area contributed by atoms with Crippen LogP contribution in [0, 0.1) is 0 Å². The largest absolute Gasteiger partial charge is 0.381 e. The minimum absolute atomic E-state index is 0.437. The molecule has 0 aliphatic heterocycles. The molecular formula is C13H18ClN5. The van der Waals surface area contributed by atoms with E-state index in [0.717, 1.165) is 30.6 Å². The van der Waals surface area contributed by atoms with Gasteiger partial charge in [0.1, 0.15) is 6.33 Å². The molecule has 0 saturated carbocycles. The van der Waals surface area contributed by atoms with Crippen molar-refractivity contribution in [3.63, 3.8) is 0 Å². The summed E-state index contributed by atoms with van der Waals surface area (Å²) in [5, 5.41) is 15.4. The van der Waals surface area contributed by atoms with Crippen LogP contribution < -0.4 is 5.32 Å². The minimum atomic E-state index is 0.437. The van der Waals surface area contributed by atoms with Crippen molar-refractivity contribution in [1.82, 2.24) is 20.2 Å². The van der Waals surface area contributed by atoms with Crippen LogP contribution in [0.2, 0.25) is 5.02 Å². The first-order valence-electron chi connectivity index (χ1n) is 6.54. The Morgan fingerprint density at radius 1 is 1.37 bits per heavy atom. The lowest BCUT2D eigenvalue weighted by molar-refractivity contribution is 0.623. The van der Waals surface area contributed by atoms with Crippen molar-refractivity contribution in [2.75, 3.05) is 5.32 Å². The second-order valence-electron chi connectivity index (χ2n) is 4.46. The summed E-state index contributed by atoms with van der Waals surface area (Å²) >= 11 is 6.24. The Morgan fingerprint density at radius 2 is 2.21 bits per heavy atom. The quantitative estimate of drug-likeness (QED) is 0.881. The molecule has 1 heterocycles.